The highest BCUT2D eigenvalue weighted by molar-refractivity contribution is 9.10. The lowest BCUT2D eigenvalue weighted by molar-refractivity contribution is 0.0814. The van der Waals surface area contributed by atoms with Crippen LogP contribution in [-0.2, 0) is 4.74 Å². The lowest BCUT2D eigenvalue weighted by Gasteiger charge is -2.14. The maximum atomic E-state index is 5.83. The van der Waals surface area contributed by atoms with E-state index in [1.54, 1.807) is 0 Å². The van der Waals surface area contributed by atoms with Crippen molar-refractivity contribution in [3.8, 4) is 0 Å². The molecule has 0 aromatic heterocycles. The van der Waals surface area contributed by atoms with Crippen molar-refractivity contribution in [2.24, 2.45) is 0 Å². The van der Waals surface area contributed by atoms with Gasteiger partial charge in [0.15, 0.2) is 0 Å². The molecule has 1 aromatic rings. The highest BCUT2D eigenvalue weighted by Crippen LogP contribution is 2.21. The van der Waals surface area contributed by atoms with Crippen LogP contribution in [0.25, 0.3) is 0 Å². The first-order chi connectivity index (χ1) is 6.77. The standard InChI is InChI=1S/C10H11Br2ClO/c11-5-6-14-10(7-13)8-1-3-9(12)4-2-8/h1-4,10H,5-7H2. The number of alkyl halides is 2. The second-order valence-corrected chi connectivity index (χ2v) is 4.77. The number of hydrogen-bond acceptors (Lipinski definition) is 1. The van der Waals surface area contributed by atoms with Crippen molar-refractivity contribution in [1.82, 2.24) is 0 Å². The van der Waals surface area contributed by atoms with Crippen LogP contribution in [0.1, 0.15) is 11.7 Å². The third-order valence-electron chi connectivity index (χ3n) is 1.78. The Morgan fingerprint density at radius 1 is 1.29 bits per heavy atom. The molecule has 0 heterocycles. The van der Waals surface area contributed by atoms with Crippen LogP contribution >= 0.6 is 43.5 Å². The number of hydrogen-bond donors (Lipinski definition) is 0. The van der Waals surface area contributed by atoms with E-state index in [1.807, 2.05) is 24.3 Å². The maximum absolute atomic E-state index is 5.83. The minimum absolute atomic E-state index is 0.0117. The minimum atomic E-state index is -0.0117. The van der Waals surface area contributed by atoms with Crippen LogP contribution in [0.4, 0.5) is 0 Å². The van der Waals surface area contributed by atoms with Crippen molar-refractivity contribution >= 4 is 43.5 Å². The highest BCUT2D eigenvalue weighted by Gasteiger charge is 2.09. The van der Waals surface area contributed by atoms with Gasteiger partial charge in [-0.25, -0.2) is 0 Å². The molecule has 78 valence electrons. The van der Waals surface area contributed by atoms with Crippen LogP contribution < -0.4 is 0 Å². The van der Waals surface area contributed by atoms with Crippen molar-refractivity contribution in [2.45, 2.75) is 6.10 Å². The first-order valence-electron chi connectivity index (χ1n) is 4.27. The smallest absolute Gasteiger partial charge is 0.0960 e. The third kappa shape index (κ3) is 3.89. The van der Waals surface area contributed by atoms with Gasteiger partial charge in [-0.05, 0) is 17.7 Å². The molecule has 1 rings (SSSR count). The van der Waals surface area contributed by atoms with E-state index in [2.05, 4.69) is 31.9 Å². The Morgan fingerprint density at radius 3 is 2.43 bits per heavy atom. The van der Waals surface area contributed by atoms with Crippen LogP contribution in [0.3, 0.4) is 0 Å². The Labute approximate surface area is 106 Å². The molecule has 0 N–H and O–H groups in total. The molecule has 4 heteroatoms. The van der Waals surface area contributed by atoms with Crippen molar-refractivity contribution < 1.29 is 4.74 Å². The summed E-state index contributed by atoms with van der Waals surface area (Å²) in [6.07, 6.45) is -0.0117. The Hall–Kier alpha value is 0.430. The molecule has 0 aliphatic rings. The topological polar surface area (TPSA) is 9.23 Å². The predicted molar refractivity (Wildman–Crippen MR) is 67.3 cm³/mol. The van der Waals surface area contributed by atoms with Gasteiger partial charge in [0.25, 0.3) is 0 Å². The highest BCUT2D eigenvalue weighted by atomic mass is 79.9. The van der Waals surface area contributed by atoms with Gasteiger partial charge in [-0.3, -0.25) is 0 Å². The number of benzene rings is 1. The van der Waals surface area contributed by atoms with E-state index in [-0.39, 0.29) is 6.10 Å². The normalized spacial score (nSPS) is 12.8. The Kier molecular flexibility index (Phi) is 6.10. The summed E-state index contributed by atoms with van der Waals surface area (Å²) in [4.78, 5) is 0. The van der Waals surface area contributed by atoms with E-state index in [0.717, 1.165) is 15.4 Å². The van der Waals surface area contributed by atoms with Crippen molar-refractivity contribution in [1.29, 1.82) is 0 Å². The molecule has 14 heavy (non-hydrogen) atoms. The van der Waals surface area contributed by atoms with Crippen LogP contribution in [0, 0.1) is 0 Å². The fourth-order valence-corrected chi connectivity index (χ4v) is 1.81. The molecule has 0 amide bonds. The second-order valence-electron chi connectivity index (χ2n) is 2.75. The number of rotatable bonds is 5. The lowest BCUT2D eigenvalue weighted by atomic mass is 10.1. The Bertz CT molecular complexity index is 263. The zero-order valence-corrected chi connectivity index (χ0v) is 11.5. The fraction of sp³-hybridized carbons (Fsp3) is 0.400. The maximum Gasteiger partial charge on any atom is 0.0960 e. The van der Waals surface area contributed by atoms with Gasteiger partial charge in [0, 0.05) is 9.80 Å². The summed E-state index contributed by atoms with van der Waals surface area (Å²) in [5.41, 5.74) is 1.11. The lowest BCUT2D eigenvalue weighted by Crippen LogP contribution is -2.07. The molecule has 1 aromatic carbocycles. The monoisotopic (exact) mass is 340 g/mol. The fourth-order valence-electron chi connectivity index (χ4n) is 1.09. The third-order valence-corrected chi connectivity index (χ3v) is 2.91. The van der Waals surface area contributed by atoms with Crippen molar-refractivity contribution in [3.05, 3.63) is 34.3 Å². The van der Waals surface area contributed by atoms with Gasteiger partial charge in [-0.1, -0.05) is 44.0 Å². The first-order valence-corrected chi connectivity index (χ1v) is 6.72. The van der Waals surface area contributed by atoms with Gasteiger partial charge in [0.05, 0.1) is 18.6 Å². The Balaban J connectivity index is 2.64. The molecule has 0 fully saturated rings. The molecule has 0 aliphatic carbocycles. The molecule has 0 saturated carbocycles. The minimum Gasteiger partial charge on any atom is -0.371 e. The van der Waals surface area contributed by atoms with Crippen LogP contribution in [0.5, 0.6) is 0 Å². The molecule has 0 bridgehead atoms. The molecule has 1 unspecified atom stereocenters. The zero-order chi connectivity index (χ0) is 10.4. The molecule has 1 nitrogen and oxygen atoms in total. The molecular formula is C10H11Br2ClO. The van der Waals surface area contributed by atoms with Gasteiger partial charge < -0.3 is 4.74 Å². The Morgan fingerprint density at radius 2 is 1.93 bits per heavy atom. The average Bonchev–Trinajstić information content (AvgIpc) is 2.21. The first kappa shape index (κ1) is 12.5. The molecule has 0 saturated heterocycles. The van der Waals surface area contributed by atoms with Gasteiger partial charge in [-0.2, -0.15) is 0 Å². The van der Waals surface area contributed by atoms with E-state index >= 15 is 0 Å². The molecular weight excluding hydrogens is 331 g/mol. The molecule has 0 radical (unpaired) electrons. The average molecular weight is 342 g/mol. The van der Waals surface area contributed by atoms with Crippen LogP contribution in [0.15, 0.2) is 28.7 Å². The quantitative estimate of drug-likeness (QED) is 0.731. The van der Waals surface area contributed by atoms with E-state index in [4.69, 9.17) is 16.3 Å². The van der Waals surface area contributed by atoms with Crippen LogP contribution in [0.2, 0.25) is 0 Å². The summed E-state index contributed by atoms with van der Waals surface area (Å²) in [6, 6.07) is 8.02. The molecule has 0 spiro atoms. The van der Waals surface area contributed by atoms with Crippen molar-refractivity contribution in [3.63, 3.8) is 0 Å². The largest absolute Gasteiger partial charge is 0.371 e. The van der Waals surface area contributed by atoms with Gasteiger partial charge in [-0.15, -0.1) is 11.6 Å². The van der Waals surface area contributed by atoms with Gasteiger partial charge >= 0.3 is 0 Å². The van der Waals surface area contributed by atoms with Gasteiger partial charge in [0.1, 0.15) is 0 Å². The van der Waals surface area contributed by atoms with E-state index in [0.29, 0.717) is 12.5 Å². The summed E-state index contributed by atoms with van der Waals surface area (Å²) >= 11 is 12.5. The summed E-state index contributed by atoms with van der Waals surface area (Å²) in [5, 5.41) is 0.830. The summed E-state index contributed by atoms with van der Waals surface area (Å²) in [5.74, 6) is 0.481. The second kappa shape index (κ2) is 6.83. The molecule has 1 atom stereocenters. The number of halogens is 3. The predicted octanol–water partition coefficient (Wildman–Crippen LogP) is 4.14. The number of ether oxygens (including phenoxy) is 1. The van der Waals surface area contributed by atoms with E-state index < -0.39 is 0 Å². The van der Waals surface area contributed by atoms with E-state index in [1.165, 1.54) is 0 Å². The van der Waals surface area contributed by atoms with Gasteiger partial charge in [0.2, 0.25) is 0 Å². The van der Waals surface area contributed by atoms with Crippen LogP contribution in [-0.4, -0.2) is 17.8 Å². The molecule has 0 aliphatic heterocycles. The summed E-state index contributed by atoms with van der Waals surface area (Å²) in [6.45, 7) is 0.674. The van der Waals surface area contributed by atoms with Crippen molar-refractivity contribution in [2.75, 3.05) is 17.8 Å². The summed E-state index contributed by atoms with van der Waals surface area (Å²) in [7, 11) is 0. The van der Waals surface area contributed by atoms with E-state index in [9.17, 15) is 0 Å². The summed E-state index contributed by atoms with van der Waals surface area (Å²) < 4.78 is 6.64. The SMILES string of the molecule is ClCC(OCCBr)c1ccc(Br)cc1. The zero-order valence-electron chi connectivity index (χ0n) is 7.55.